The van der Waals surface area contributed by atoms with E-state index in [0.717, 1.165) is 0 Å². The Balaban J connectivity index is 2.48. The Morgan fingerprint density at radius 3 is 2.29 bits per heavy atom. The van der Waals surface area contributed by atoms with Gasteiger partial charge in [-0.1, -0.05) is 0 Å². The Bertz CT molecular complexity index is 127. The van der Waals surface area contributed by atoms with Gasteiger partial charge >= 0.3 is 11.9 Å². The van der Waals surface area contributed by atoms with Gasteiger partial charge in [0, 0.05) is 0 Å². The smallest absolute Gasteiger partial charge is 0.360 e. The Labute approximate surface area is 38.7 Å². The number of carbonyl (C=O) groups excluding carboxylic acids is 1. The van der Waals surface area contributed by atoms with Crippen LogP contribution in [0, 0.1) is 0 Å². The van der Waals surface area contributed by atoms with Crippen LogP contribution >= 0.6 is 0 Å². The summed E-state index contributed by atoms with van der Waals surface area (Å²) in [6.45, 7) is 0. The molecular weight excluding hydrogens is 100 g/mol. The van der Waals surface area contributed by atoms with Crippen molar-refractivity contribution >= 4 is 11.9 Å². The molecule has 0 aromatic rings. The maximum atomic E-state index is 9.73. The Hall–Kier alpha value is -1.06. The Morgan fingerprint density at radius 1 is 1.86 bits per heavy atom. The second kappa shape index (κ2) is 0.959. The molecule has 38 valence electrons. The molecule has 1 aliphatic rings. The molecule has 0 spiro atoms. The molecule has 0 unspecified atom stereocenters. The fraction of sp³-hybridized carbons (Fsp3) is 0.333. The van der Waals surface area contributed by atoms with Crippen LogP contribution in [0.5, 0.6) is 0 Å². The van der Waals surface area contributed by atoms with Crippen LogP contribution in [0.2, 0.25) is 0 Å². The molecule has 0 bridgehead atoms. The zero-order chi connectivity index (χ0) is 5.44. The minimum absolute atomic E-state index is 0.646. The van der Waals surface area contributed by atoms with Crippen molar-refractivity contribution in [1.82, 2.24) is 0 Å². The first kappa shape index (κ1) is 4.11. The van der Waals surface area contributed by atoms with E-state index in [2.05, 4.69) is 4.74 Å². The highest BCUT2D eigenvalue weighted by atomic mass is 16.7. The van der Waals surface area contributed by atoms with Gasteiger partial charge in [-0.25, -0.2) is 9.59 Å². The highest BCUT2D eigenvalue weighted by Gasteiger charge is 2.45. The second-order valence-corrected chi connectivity index (χ2v) is 1.16. The topological polar surface area (TPSA) is 66.9 Å². The molecular formula is C3H2O4. The fourth-order valence-electron chi connectivity index (χ4n) is 0.233. The van der Waals surface area contributed by atoms with Crippen molar-refractivity contribution in [2.45, 2.75) is 6.10 Å². The fourth-order valence-corrected chi connectivity index (χ4v) is 0.233. The molecule has 1 atom stereocenters. The van der Waals surface area contributed by atoms with Crippen LogP contribution < -0.4 is 0 Å². The number of carboxylic acid groups (broad SMARTS) is 1. The summed E-state index contributed by atoms with van der Waals surface area (Å²) in [4.78, 5) is 19.4. The number of hydrogen-bond donors (Lipinski definition) is 1. The highest BCUT2D eigenvalue weighted by Crippen LogP contribution is 2.10. The lowest BCUT2D eigenvalue weighted by Crippen LogP contribution is -2.04. The molecule has 0 aromatic carbocycles. The van der Waals surface area contributed by atoms with Crippen LogP contribution in [0.25, 0.3) is 0 Å². The molecule has 1 aliphatic heterocycles. The van der Waals surface area contributed by atoms with E-state index >= 15 is 0 Å². The van der Waals surface area contributed by atoms with Gasteiger partial charge < -0.3 is 9.84 Å². The van der Waals surface area contributed by atoms with Crippen LogP contribution in [-0.2, 0) is 14.3 Å². The lowest BCUT2D eigenvalue weighted by Gasteiger charge is -1.69. The molecule has 0 aliphatic carbocycles. The van der Waals surface area contributed by atoms with Gasteiger partial charge in [-0.15, -0.1) is 0 Å². The molecule has 1 N–H and O–H groups in total. The van der Waals surface area contributed by atoms with E-state index in [1.54, 1.807) is 0 Å². The number of epoxide rings is 1. The van der Waals surface area contributed by atoms with E-state index in [1.807, 2.05) is 0 Å². The summed E-state index contributed by atoms with van der Waals surface area (Å²) < 4.78 is 3.94. The number of carbonyl (C=O) groups is 2. The van der Waals surface area contributed by atoms with E-state index in [1.165, 1.54) is 0 Å². The van der Waals surface area contributed by atoms with Crippen molar-refractivity contribution < 1.29 is 19.4 Å². The van der Waals surface area contributed by atoms with Crippen LogP contribution in [0.1, 0.15) is 0 Å². The third kappa shape index (κ3) is 0.534. The number of rotatable bonds is 1. The van der Waals surface area contributed by atoms with Crippen molar-refractivity contribution in [3.05, 3.63) is 0 Å². The molecule has 4 heteroatoms. The SMILES string of the molecule is O=C(O)[C@@H]1OC1=O. The summed E-state index contributed by atoms with van der Waals surface area (Å²) in [5.74, 6) is -1.85. The van der Waals surface area contributed by atoms with Crippen LogP contribution in [0.4, 0.5) is 0 Å². The van der Waals surface area contributed by atoms with E-state index < -0.39 is 18.0 Å². The first-order chi connectivity index (χ1) is 3.22. The van der Waals surface area contributed by atoms with Crippen LogP contribution in [0.3, 0.4) is 0 Å². The van der Waals surface area contributed by atoms with Gasteiger partial charge in [-0.2, -0.15) is 0 Å². The molecule has 0 radical (unpaired) electrons. The lowest BCUT2D eigenvalue weighted by atomic mass is 10.5. The van der Waals surface area contributed by atoms with E-state index in [9.17, 15) is 9.59 Å². The minimum atomic E-state index is -1.20. The molecule has 1 fully saturated rings. The summed E-state index contributed by atoms with van der Waals surface area (Å²) in [6.07, 6.45) is -1.15. The number of aliphatic carboxylic acids is 1. The van der Waals surface area contributed by atoms with E-state index in [0.29, 0.717) is 0 Å². The first-order valence-electron chi connectivity index (χ1n) is 1.65. The maximum absolute atomic E-state index is 9.73. The standard InChI is InChI=1S/C3H2O4/c4-2(5)1-3(6)7-1/h1H,(H,4,5)/t1-/m0/s1. The quantitative estimate of drug-likeness (QED) is 0.340. The molecule has 0 aromatic heterocycles. The van der Waals surface area contributed by atoms with Crippen molar-refractivity contribution in [2.75, 3.05) is 0 Å². The predicted octanol–water partition coefficient (Wildman–Crippen LogP) is -1.00. The Morgan fingerprint density at radius 2 is 2.29 bits per heavy atom. The van der Waals surface area contributed by atoms with Gasteiger partial charge in [0.15, 0.2) is 0 Å². The summed E-state index contributed by atoms with van der Waals surface area (Å²) in [7, 11) is 0. The monoisotopic (exact) mass is 102 g/mol. The number of hydrogen-bond acceptors (Lipinski definition) is 3. The van der Waals surface area contributed by atoms with Crippen LogP contribution in [-0.4, -0.2) is 23.1 Å². The molecule has 4 nitrogen and oxygen atoms in total. The van der Waals surface area contributed by atoms with Crippen LogP contribution in [0.15, 0.2) is 0 Å². The van der Waals surface area contributed by atoms with Gasteiger partial charge in [0.1, 0.15) is 0 Å². The largest absolute Gasteiger partial charge is 0.478 e. The predicted molar refractivity (Wildman–Crippen MR) is 17.5 cm³/mol. The molecule has 1 saturated heterocycles. The summed E-state index contributed by atoms with van der Waals surface area (Å²) >= 11 is 0. The first-order valence-corrected chi connectivity index (χ1v) is 1.65. The van der Waals surface area contributed by atoms with Gasteiger partial charge in [-0.05, 0) is 0 Å². The summed E-state index contributed by atoms with van der Waals surface area (Å²) in [6, 6.07) is 0. The van der Waals surface area contributed by atoms with Crippen molar-refractivity contribution in [3.63, 3.8) is 0 Å². The normalized spacial score (nSPS) is 26.3. The summed E-state index contributed by atoms with van der Waals surface area (Å²) in [5.41, 5.74) is 0. The van der Waals surface area contributed by atoms with Crippen molar-refractivity contribution in [2.24, 2.45) is 0 Å². The number of cyclic esters (lactones) is 1. The van der Waals surface area contributed by atoms with Gasteiger partial charge in [0.05, 0.1) is 0 Å². The average molecular weight is 102 g/mol. The zero-order valence-corrected chi connectivity index (χ0v) is 3.25. The Kier molecular flexibility index (Phi) is 0.563. The molecule has 7 heavy (non-hydrogen) atoms. The summed E-state index contributed by atoms with van der Waals surface area (Å²) in [5, 5.41) is 7.88. The minimum Gasteiger partial charge on any atom is -0.478 e. The van der Waals surface area contributed by atoms with Gasteiger partial charge in [0.2, 0.25) is 0 Å². The van der Waals surface area contributed by atoms with Gasteiger partial charge in [0.25, 0.3) is 6.10 Å². The molecule has 1 rings (SSSR count). The maximum Gasteiger partial charge on any atom is 0.360 e. The second-order valence-electron chi connectivity index (χ2n) is 1.16. The average Bonchev–Trinajstić information content (AvgIpc) is 2.17. The lowest BCUT2D eigenvalue weighted by molar-refractivity contribution is -0.138. The number of ether oxygens (including phenoxy) is 1. The van der Waals surface area contributed by atoms with E-state index in [-0.39, 0.29) is 0 Å². The zero-order valence-electron chi connectivity index (χ0n) is 3.25. The molecule has 0 amide bonds. The van der Waals surface area contributed by atoms with Crippen molar-refractivity contribution in [1.29, 1.82) is 0 Å². The third-order valence-corrected chi connectivity index (χ3v) is 0.615. The van der Waals surface area contributed by atoms with Crippen molar-refractivity contribution in [3.8, 4) is 0 Å². The number of carboxylic acids is 1. The highest BCUT2D eigenvalue weighted by molar-refractivity contribution is 6.07. The molecule has 1 heterocycles. The van der Waals surface area contributed by atoms with E-state index in [4.69, 9.17) is 5.11 Å². The molecule has 0 saturated carbocycles. The van der Waals surface area contributed by atoms with Gasteiger partial charge in [-0.3, -0.25) is 0 Å². The third-order valence-electron chi connectivity index (χ3n) is 0.615.